The molecule has 1 aromatic carbocycles. The van der Waals surface area contributed by atoms with Crippen LogP contribution in [0.25, 0.3) is 5.69 Å². The van der Waals surface area contributed by atoms with Crippen molar-refractivity contribution >= 4 is 44.9 Å². The maximum Gasteiger partial charge on any atom is 0.349 e. The Morgan fingerprint density at radius 1 is 1.24 bits per heavy atom. The Morgan fingerprint density at radius 3 is 2.04 bits per heavy atom. The van der Waals surface area contributed by atoms with E-state index in [0.29, 0.717) is 4.68 Å². The Kier molecular flexibility index (Phi) is 3.71. The van der Waals surface area contributed by atoms with Gasteiger partial charge in [-0.05, 0) is 12.1 Å². The minimum Gasteiger partial charge on any atom is -0.378 e. The van der Waals surface area contributed by atoms with Gasteiger partial charge in [0.15, 0.2) is 0 Å². The standard InChI is InChI=1S/C10H4Cl2F5N5O2S/c11-5-1-4(25(13,14,15,16)17)2-6(12)8(5)21-10(19)9(22(23)24)7(3-18)20-21/h1-2H,19H2. The topological polar surface area (TPSA) is 111 Å². The molecule has 0 spiro atoms. The van der Waals surface area contributed by atoms with Crippen LogP contribution < -0.4 is 5.73 Å². The third kappa shape index (κ3) is 3.41. The predicted octanol–water partition coefficient (Wildman–Crippen LogP) is 5.20. The van der Waals surface area contributed by atoms with Crippen molar-refractivity contribution in [1.29, 1.82) is 5.26 Å². The highest BCUT2D eigenvalue weighted by atomic mass is 35.5. The summed E-state index contributed by atoms with van der Waals surface area (Å²) in [6.07, 6.45) is 0. The zero-order valence-corrected chi connectivity index (χ0v) is 13.7. The number of nitro groups is 1. The first-order valence-electron chi connectivity index (χ1n) is 5.73. The van der Waals surface area contributed by atoms with Crippen LogP contribution in [-0.2, 0) is 0 Å². The summed E-state index contributed by atoms with van der Waals surface area (Å²) in [7, 11) is -10.1. The first kappa shape index (κ1) is 19.0. The molecule has 0 bridgehead atoms. The molecular weight excluding hydrogens is 420 g/mol. The number of nitrogens with zero attached hydrogens (tertiary/aromatic N) is 4. The van der Waals surface area contributed by atoms with Gasteiger partial charge in [0.05, 0.1) is 15.0 Å². The van der Waals surface area contributed by atoms with Gasteiger partial charge in [-0.1, -0.05) is 42.6 Å². The lowest BCUT2D eigenvalue weighted by molar-refractivity contribution is -0.384. The van der Waals surface area contributed by atoms with Gasteiger partial charge in [-0.3, -0.25) is 10.1 Å². The van der Waals surface area contributed by atoms with Crippen LogP contribution in [0.1, 0.15) is 5.69 Å². The largest absolute Gasteiger partial charge is 0.378 e. The quantitative estimate of drug-likeness (QED) is 0.414. The van der Waals surface area contributed by atoms with E-state index in [1.165, 1.54) is 6.07 Å². The normalized spacial score (nSPS) is 14.5. The van der Waals surface area contributed by atoms with Crippen molar-refractivity contribution in [3.63, 3.8) is 0 Å². The molecule has 0 radical (unpaired) electrons. The molecule has 136 valence electrons. The average Bonchev–Trinajstić information content (AvgIpc) is 2.72. The van der Waals surface area contributed by atoms with Gasteiger partial charge in [0, 0.05) is 0 Å². The molecule has 0 fully saturated rings. The SMILES string of the molecule is N#Cc1nn(-c2c(Cl)cc(S(F)(F)(F)(F)F)cc2Cl)c(N)c1[N+](=O)[O-]. The number of benzene rings is 1. The van der Waals surface area contributed by atoms with Gasteiger partial charge in [0.25, 0.3) is 0 Å². The molecule has 0 amide bonds. The average molecular weight is 424 g/mol. The number of hydrogen-bond donors (Lipinski definition) is 1. The summed E-state index contributed by atoms with van der Waals surface area (Å²) in [6, 6.07) is 1.14. The first-order chi connectivity index (χ1) is 11.1. The molecule has 0 saturated heterocycles. The van der Waals surface area contributed by atoms with E-state index in [-0.39, 0.29) is 12.1 Å². The highest BCUT2D eigenvalue weighted by molar-refractivity contribution is 8.45. The molecule has 7 nitrogen and oxygen atoms in total. The number of anilines is 1. The van der Waals surface area contributed by atoms with Gasteiger partial charge in [0.2, 0.25) is 11.5 Å². The summed E-state index contributed by atoms with van der Waals surface area (Å²) >= 11 is 11.2. The molecule has 2 N–H and O–H groups in total. The van der Waals surface area contributed by atoms with E-state index in [1.807, 2.05) is 0 Å². The molecule has 0 aliphatic carbocycles. The third-order valence-corrected chi connectivity index (χ3v) is 4.53. The van der Waals surface area contributed by atoms with Crippen LogP contribution in [0.5, 0.6) is 0 Å². The number of nitrogen functional groups attached to an aromatic ring is 1. The van der Waals surface area contributed by atoms with Gasteiger partial charge in [0.1, 0.15) is 16.7 Å². The van der Waals surface area contributed by atoms with Gasteiger partial charge in [-0.15, -0.1) is 5.10 Å². The van der Waals surface area contributed by atoms with Gasteiger partial charge in [-0.2, -0.15) is 5.26 Å². The number of hydrogen-bond acceptors (Lipinski definition) is 5. The predicted molar refractivity (Wildman–Crippen MR) is 80.8 cm³/mol. The fourth-order valence-corrected chi connectivity index (χ4v) is 3.27. The number of nitriles is 1. The van der Waals surface area contributed by atoms with Gasteiger partial charge >= 0.3 is 15.9 Å². The number of nitrogens with two attached hydrogens (primary N) is 1. The van der Waals surface area contributed by atoms with Crippen LogP contribution in [0.15, 0.2) is 17.0 Å². The zero-order chi connectivity index (χ0) is 19.4. The van der Waals surface area contributed by atoms with E-state index >= 15 is 0 Å². The number of aromatic nitrogens is 2. The molecule has 15 heteroatoms. The Morgan fingerprint density at radius 2 is 1.72 bits per heavy atom. The molecule has 1 aromatic heterocycles. The first-order valence-corrected chi connectivity index (χ1v) is 8.44. The zero-order valence-electron chi connectivity index (χ0n) is 11.4. The van der Waals surface area contributed by atoms with Crippen LogP contribution in [0.4, 0.5) is 30.9 Å². The fourth-order valence-electron chi connectivity index (χ4n) is 1.82. The smallest absolute Gasteiger partial charge is 0.349 e. The minimum absolute atomic E-state index is 0.108. The lowest BCUT2D eigenvalue weighted by Gasteiger charge is -2.40. The third-order valence-electron chi connectivity index (χ3n) is 2.83. The molecule has 0 saturated carbocycles. The molecule has 25 heavy (non-hydrogen) atoms. The van der Waals surface area contributed by atoms with Crippen molar-refractivity contribution < 1.29 is 24.4 Å². The van der Waals surface area contributed by atoms with Crippen LogP contribution in [-0.4, -0.2) is 14.7 Å². The second-order valence-electron chi connectivity index (χ2n) is 4.57. The van der Waals surface area contributed by atoms with Crippen LogP contribution in [0.2, 0.25) is 10.0 Å². The summed E-state index contributed by atoms with van der Waals surface area (Å²) in [5, 5.41) is 21.2. The summed E-state index contributed by atoms with van der Waals surface area (Å²) < 4.78 is 64.7. The van der Waals surface area contributed by atoms with Crippen LogP contribution >= 0.6 is 33.4 Å². The molecule has 0 aliphatic heterocycles. The Labute approximate surface area is 145 Å². The summed E-state index contributed by atoms with van der Waals surface area (Å²) in [4.78, 5) is 7.48. The number of halogens is 7. The molecule has 0 unspecified atom stereocenters. The van der Waals surface area contributed by atoms with E-state index in [4.69, 9.17) is 34.2 Å². The molecular formula is C10H4Cl2F5N5O2S. The minimum atomic E-state index is -10.1. The molecule has 0 aliphatic rings. The van der Waals surface area contributed by atoms with E-state index in [1.54, 1.807) is 0 Å². The molecule has 1 heterocycles. The lowest BCUT2D eigenvalue weighted by Crippen LogP contribution is -2.09. The van der Waals surface area contributed by atoms with Crippen molar-refractivity contribution in [1.82, 2.24) is 9.78 Å². The summed E-state index contributed by atoms with van der Waals surface area (Å²) in [5.41, 5.74) is 3.11. The highest BCUT2D eigenvalue weighted by Gasteiger charge is 2.65. The maximum absolute atomic E-state index is 12.9. The second kappa shape index (κ2) is 4.87. The maximum atomic E-state index is 12.9. The molecule has 0 atom stereocenters. The molecule has 2 rings (SSSR count). The van der Waals surface area contributed by atoms with Crippen LogP contribution in [0.3, 0.4) is 0 Å². The number of rotatable bonds is 3. The Hall–Kier alpha value is -2.30. The Bertz CT molecular complexity index is 946. The van der Waals surface area contributed by atoms with E-state index < -0.39 is 53.0 Å². The van der Waals surface area contributed by atoms with Gasteiger partial charge < -0.3 is 5.73 Å². The van der Waals surface area contributed by atoms with Crippen molar-refractivity contribution in [2.75, 3.05) is 5.73 Å². The lowest BCUT2D eigenvalue weighted by atomic mass is 10.3. The van der Waals surface area contributed by atoms with Crippen molar-refractivity contribution in [2.24, 2.45) is 0 Å². The van der Waals surface area contributed by atoms with E-state index in [0.717, 1.165) is 0 Å². The van der Waals surface area contributed by atoms with Crippen molar-refractivity contribution in [2.45, 2.75) is 4.90 Å². The highest BCUT2D eigenvalue weighted by Crippen LogP contribution is 3.02. The fraction of sp³-hybridized carbons (Fsp3) is 0. The summed E-state index contributed by atoms with van der Waals surface area (Å²) in [5.74, 6) is -0.773. The second-order valence-corrected chi connectivity index (χ2v) is 7.79. The Balaban J connectivity index is 2.81. The molecule has 2 aromatic rings. The summed E-state index contributed by atoms with van der Waals surface area (Å²) in [6.45, 7) is 0. The monoisotopic (exact) mass is 423 g/mol. The van der Waals surface area contributed by atoms with E-state index in [9.17, 15) is 29.5 Å². The van der Waals surface area contributed by atoms with E-state index in [2.05, 4.69) is 5.10 Å². The van der Waals surface area contributed by atoms with Crippen LogP contribution in [0, 0.1) is 21.4 Å². The van der Waals surface area contributed by atoms with Gasteiger partial charge in [-0.25, -0.2) is 4.68 Å². The van der Waals surface area contributed by atoms with Crippen molar-refractivity contribution in [3.05, 3.63) is 38.0 Å². The van der Waals surface area contributed by atoms with Crippen molar-refractivity contribution in [3.8, 4) is 11.8 Å².